The predicted molar refractivity (Wildman–Crippen MR) is 434 cm³/mol. The third-order valence-electron chi connectivity index (χ3n) is 22.0. The SMILES string of the molecule is C[C@@H]1NC(=O)[C@H](CCCCNC(=O)/C=N/O[C@H]2O[C@@H](C)[C@@H](O)[C@@H](O)[C@@H]2O)NC(=O)CNC(=O)[C@@H]2CCCN2C(=O)[C@H](CCCCNC(=O)/C=N/O[C@H]2O[C@@H](C)[C@@H](O)[C@@H](O)[C@@H]2O)NC(=O)[C@H](C)NC(=O)[C@H](CCCCNC(=O)/C=N/O[C@H]2O[C@@H](C)[C@@H](O)[C@@H](O)[C@@H]2O)NC(=O)CNC(=O)[C@@H]2CCCN2C(=O)[C@H](CCCCNC(=O)/C=N/O[C@H]2O[C@@H](C)[C@@H](O)[C@@H](O)[C@@H]2O)NC1=O. The molecule has 7 rings (SSSR count). The van der Waals surface area contributed by atoms with E-state index < -0.39 is 267 Å². The second-order valence-electron chi connectivity index (χ2n) is 31.9. The van der Waals surface area contributed by atoms with Crippen LogP contribution < -0.4 is 63.8 Å². The van der Waals surface area contributed by atoms with E-state index >= 15 is 0 Å². The normalized spacial score (nSPS) is 34.5. The largest absolute Gasteiger partial charge is 0.388 e. The van der Waals surface area contributed by atoms with Crippen LogP contribution in [0, 0.1) is 0 Å². The zero-order valence-electron chi connectivity index (χ0n) is 71.5. The molecule has 52 nitrogen and oxygen atoms in total. The zero-order chi connectivity index (χ0) is 94.2. The Hall–Kier alpha value is -10.2. The molecule has 7 saturated heterocycles. The Bertz CT molecular complexity index is 3620. The third kappa shape index (κ3) is 31.6. The van der Waals surface area contributed by atoms with E-state index in [1.165, 1.54) is 41.5 Å². The van der Waals surface area contributed by atoms with Gasteiger partial charge in [0.1, 0.15) is 146 Å². The van der Waals surface area contributed by atoms with Crippen molar-refractivity contribution in [1.82, 2.24) is 73.6 Å². The van der Waals surface area contributed by atoms with Crippen LogP contribution >= 0.6 is 0 Å². The number of rotatable bonds is 32. The highest BCUT2D eigenvalue weighted by atomic mass is 16.8. The number of amides is 14. The van der Waals surface area contributed by atoms with Gasteiger partial charge >= 0.3 is 0 Å². The number of carbonyl (C=O) groups is 14. The summed E-state index contributed by atoms with van der Waals surface area (Å²) in [6.45, 7) is 6.00. The molecule has 720 valence electrons. The lowest BCUT2D eigenvalue weighted by Gasteiger charge is -2.37. The van der Waals surface area contributed by atoms with Gasteiger partial charge in [-0.15, -0.1) is 0 Å². The fourth-order valence-corrected chi connectivity index (χ4v) is 14.4. The van der Waals surface area contributed by atoms with Crippen molar-refractivity contribution in [2.45, 2.75) is 315 Å². The van der Waals surface area contributed by atoms with Gasteiger partial charge in [0, 0.05) is 39.3 Å². The van der Waals surface area contributed by atoms with Crippen molar-refractivity contribution in [3.63, 3.8) is 0 Å². The fraction of sp³-hybridized carbons (Fsp3) is 0.763. The first-order valence-electron chi connectivity index (χ1n) is 42.4. The van der Waals surface area contributed by atoms with Gasteiger partial charge in [0.15, 0.2) is 0 Å². The second-order valence-corrected chi connectivity index (χ2v) is 31.9. The molecule has 0 bridgehead atoms. The maximum absolute atomic E-state index is 14.9. The molecule has 0 aliphatic carbocycles. The monoisotopic (exact) mass is 1830 g/mol. The quantitative estimate of drug-likeness (QED) is 0.0169. The Balaban J connectivity index is 1.10. The molecular weight excluding hydrogens is 1710 g/mol. The van der Waals surface area contributed by atoms with E-state index in [0.29, 0.717) is 24.9 Å². The van der Waals surface area contributed by atoms with Gasteiger partial charge in [-0.3, -0.25) is 67.1 Å². The Kier molecular flexibility index (Phi) is 42.5. The minimum absolute atomic E-state index is 0.0268. The lowest BCUT2D eigenvalue weighted by molar-refractivity contribution is -0.293. The van der Waals surface area contributed by atoms with Gasteiger partial charge in [-0.1, -0.05) is 20.6 Å². The fourth-order valence-electron chi connectivity index (χ4n) is 14.4. The maximum Gasteiger partial charge on any atom is 0.265 e. The van der Waals surface area contributed by atoms with Crippen LogP contribution in [-0.4, -0.2) is 402 Å². The molecule has 0 aromatic carbocycles. The average Bonchev–Trinajstić information content (AvgIpc) is 1.42. The Morgan fingerprint density at radius 1 is 0.344 bits per heavy atom. The summed E-state index contributed by atoms with van der Waals surface area (Å²) >= 11 is 0. The number of unbranched alkanes of at least 4 members (excludes halogenated alkanes) is 4. The minimum atomic E-state index is -1.73. The standard InChI is InChI=1S/C76H122N18O34/c1-35-65(113)91-43(19-9-13-25-79-49(97)33-85-127-75-63(111)59(107)55(103)39(5)123-75)71(119)93-27-15-21-45(93)69(117)82-30-52(100)90-42(18-8-12-24-78-48(96)32-84-126-74-62(110)58(106)54(102)38(4)122-74)68(116)88-36(2)66(114)92-44(20-10-14-26-80-50(98)34-86-128-76-64(112)60(108)56(104)40(6)124-76)72(120)94-28-16-22-46(94)70(118)81-29-51(99)89-41(67(115)87-35)17-7-11-23-77-47(95)31-83-125-73-61(109)57(105)53(101)37(3)121-73/h31-46,53-64,73-76,101-112H,7-30H2,1-6H3,(H,77,95)(H,78,96)(H,79,97)(H,80,98)(H,81,118)(H,82,117)(H,87,115)(H,88,116)(H,89,99)(H,90,100)(H,91,113)(H,92,114)/b83-31+,84-32+,85-33+,86-34+/t35-,36-,37-,38-,39-,40-,41-,42-,43-,44-,45-,46-,53+,54+,55+,56+,57+,58+,59+,60+,61-,62-,63-,64-,73+,74+,75+,76+/m0/s1. The predicted octanol–water partition coefficient (Wildman–Crippen LogP) is -12.4. The summed E-state index contributed by atoms with van der Waals surface area (Å²) in [6.07, 6.45) is -26.2. The van der Waals surface area contributed by atoms with E-state index in [1.807, 2.05) is 0 Å². The molecule has 28 atom stereocenters. The zero-order valence-corrected chi connectivity index (χ0v) is 71.5. The lowest BCUT2D eigenvalue weighted by atomic mass is 10.0. The van der Waals surface area contributed by atoms with Crippen molar-refractivity contribution in [2.24, 2.45) is 20.6 Å². The summed E-state index contributed by atoms with van der Waals surface area (Å²) in [4.78, 5) is 218. The van der Waals surface area contributed by atoms with Gasteiger partial charge in [0.05, 0.1) is 37.5 Å². The molecule has 7 fully saturated rings. The molecule has 0 radical (unpaired) electrons. The first-order chi connectivity index (χ1) is 60.8. The molecule has 0 unspecified atom stereocenters. The molecule has 0 aromatic heterocycles. The number of hydrogen-bond donors (Lipinski definition) is 24. The average molecular weight is 1830 g/mol. The molecule has 7 aliphatic rings. The number of fused-ring (bicyclic) bond motifs is 2. The van der Waals surface area contributed by atoms with Crippen LogP contribution in [0.2, 0.25) is 0 Å². The van der Waals surface area contributed by atoms with Gasteiger partial charge in [0.25, 0.3) is 48.8 Å². The van der Waals surface area contributed by atoms with Crippen LogP contribution in [0.15, 0.2) is 20.6 Å². The molecule has 0 spiro atoms. The molecular formula is C76H122N18O34. The topological polar surface area (TPSA) is 756 Å². The van der Waals surface area contributed by atoms with Crippen molar-refractivity contribution < 1.29 is 167 Å². The summed E-state index contributed by atoms with van der Waals surface area (Å²) in [5.41, 5.74) is 0. The van der Waals surface area contributed by atoms with E-state index in [2.05, 4.69) is 84.4 Å². The number of oxime groups is 4. The summed E-state index contributed by atoms with van der Waals surface area (Å²) in [5.74, 6) is -12.4. The summed E-state index contributed by atoms with van der Waals surface area (Å²) in [5, 5.41) is 166. The lowest BCUT2D eigenvalue weighted by Crippen LogP contribution is -2.59. The molecule has 24 N–H and O–H groups in total. The number of carbonyl (C=O) groups excluding carboxylic acids is 14. The van der Waals surface area contributed by atoms with Gasteiger partial charge in [-0.05, 0) is 144 Å². The van der Waals surface area contributed by atoms with E-state index in [0.717, 1.165) is 9.80 Å². The van der Waals surface area contributed by atoms with E-state index in [-0.39, 0.29) is 142 Å². The smallest absolute Gasteiger partial charge is 0.265 e. The second kappa shape index (κ2) is 51.9. The number of aliphatic hydroxyl groups excluding tert-OH is 12. The van der Waals surface area contributed by atoms with Crippen molar-refractivity contribution in [3.8, 4) is 0 Å². The summed E-state index contributed by atoms with van der Waals surface area (Å²) in [6, 6.07) is -11.6. The first kappa shape index (κ1) is 105. The molecule has 52 heteroatoms. The number of ether oxygens (including phenoxy) is 4. The van der Waals surface area contributed by atoms with E-state index in [4.69, 9.17) is 38.3 Å². The number of hydrogen-bond acceptors (Lipinski definition) is 38. The molecule has 128 heavy (non-hydrogen) atoms. The van der Waals surface area contributed by atoms with Crippen LogP contribution in [0.3, 0.4) is 0 Å². The number of nitrogens with zero attached hydrogens (tertiary/aromatic N) is 6. The highest BCUT2D eigenvalue weighted by Crippen LogP contribution is 2.28. The van der Waals surface area contributed by atoms with Crippen molar-refractivity contribution in [1.29, 1.82) is 0 Å². The van der Waals surface area contributed by atoms with Crippen molar-refractivity contribution in [2.75, 3.05) is 52.4 Å². The van der Waals surface area contributed by atoms with Crippen molar-refractivity contribution >= 4 is 108 Å². The number of aliphatic hydroxyl groups is 12. The van der Waals surface area contributed by atoms with Crippen LogP contribution in [-0.2, 0) is 105 Å². The molecule has 7 aliphatic heterocycles. The van der Waals surface area contributed by atoms with E-state index in [9.17, 15) is 128 Å². The summed E-state index contributed by atoms with van der Waals surface area (Å²) in [7, 11) is 0. The Morgan fingerprint density at radius 2 is 0.602 bits per heavy atom. The Morgan fingerprint density at radius 3 is 0.867 bits per heavy atom. The van der Waals surface area contributed by atoms with Crippen LogP contribution in [0.5, 0.6) is 0 Å². The van der Waals surface area contributed by atoms with E-state index in [1.54, 1.807) is 0 Å². The van der Waals surface area contributed by atoms with Gasteiger partial charge < -0.3 is 173 Å². The van der Waals surface area contributed by atoms with Crippen LogP contribution in [0.1, 0.15) is 144 Å². The summed E-state index contributed by atoms with van der Waals surface area (Å²) < 4.78 is 21.2. The van der Waals surface area contributed by atoms with Crippen LogP contribution in [0.4, 0.5) is 0 Å². The van der Waals surface area contributed by atoms with Gasteiger partial charge in [-0.2, -0.15) is 0 Å². The molecule has 0 aromatic rings. The highest BCUT2D eigenvalue weighted by Gasteiger charge is 2.49. The van der Waals surface area contributed by atoms with Crippen LogP contribution in [0.25, 0.3) is 0 Å². The Labute approximate surface area is 733 Å². The highest BCUT2D eigenvalue weighted by molar-refractivity contribution is 6.27. The van der Waals surface area contributed by atoms with Gasteiger partial charge in [0.2, 0.25) is 59.1 Å². The number of nitrogens with one attached hydrogen (secondary N) is 12. The molecule has 14 amide bonds. The van der Waals surface area contributed by atoms with Crippen molar-refractivity contribution in [3.05, 3.63) is 0 Å². The third-order valence-corrected chi connectivity index (χ3v) is 22.0. The molecule has 7 heterocycles. The maximum atomic E-state index is 14.9. The molecule has 0 saturated carbocycles. The first-order valence-corrected chi connectivity index (χ1v) is 42.4. The van der Waals surface area contributed by atoms with Gasteiger partial charge in [-0.25, -0.2) is 0 Å². The minimum Gasteiger partial charge on any atom is -0.388 e.